The Bertz CT molecular complexity index is 482. The molecule has 1 rings (SSSR count). The second-order valence-electron chi connectivity index (χ2n) is 3.13. The molecule has 0 fully saturated rings. The molecule has 0 saturated heterocycles. The van der Waals surface area contributed by atoms with Crippen molar-refractivity contribution in [3.63, 3.8) is 0 Å². The molecule has 0 atom stereocenters. The summed E-state index contributed by atoms with van der Waals surface area (Å²) in [7, 11) is 0. The Hall–Kier alpha value is -2.63. The SMILES string of the molecule is O=C(O)/C=C/c1cc(C(=O)O)cc(C(=O)O)c1. The Kier molecular flexibility index (Phi) is 3.61. The van der Waals surface area contributed by atoms with Gasteiger partial charge in [0.15, 0.2) is 0 Å². The van der Waals surface area contributed by atoms with Crippen LogP contribution in [0.3, 0.4) is 0 Å². The minimum atomic E-state index is -1.28. The first kappa shape index (κ1) is 12.4. The first-order valence-corrected chi connectivity index (χ1v) is 4.43. The van der Waals surface area contributed by atoms with E-state index in [0.29, 0.717) is 0 Å². The van der Waals surface area contributed by atoms with Gasteiger partial charge in [-0.15, -0.1) is 0 Å². The molecule has 0 aromatic heterocycles. The van der Waals surface area contributed by atoms with Gasteiger partial charge in [0.1, 0.15) is 0 Å². The molecule has 17 heavy (non-hydrogen) atoms. The van der Waals surface area contributed by atoms with E-state index >= 15 is 0 Å². The minimum Gasteiger partial charge on any atom is -0.478 e. The van der Waals surface area contributed by atoms with E-state index in [9.17, 15) is 14.4 Å². The first-order chi connectivity index (χ1) is 7.90. The van der Waals surface area contributed by atoms with Crippen LogP contribution in [0.2, 0.25) is 0 Å². The van der Waals surface area contributed by atoms with Crippen LogP contribution in [0.25, 0.3) is 6.08 Å². The quantitative estimate of drug-likeness (QED) is 0.676. The predicted molar refractivity (Wildman–Crippen MR) is 57.0 cm³/mol. The minimum absolute atomic E-state index is 0.199. The Morgan fingerprint density at radius 3 is 1.71 bits per heavy atom. The average Bonchev–Trinajstić information content (AvgIpc) is 2.25. The topological polar surface area (TPSA) is 112 Å². The zero-order chi connectivity index (χ0) is 13.0. The molecule has 0 radical (unpaired) electrons. The lowest BCUT2D eigenvalue weighted by atomic mass is 10.1. The summed E-state index contributed by atoms with van der Waals surface area (Å²) in [6, 6.07) is 3.38. The van der Waals surface area contributed by atoms with Crippen molar-refractivity contribution >= 4 is 24.0 Å². The summed E-state index contributed by atoms with van der Waals surface area (Å²) in [5.74, 6) is -3.77. The molecule has 0 aliphatic carbocycles. The van der Waals surface area contributed by atoms with Gasteiger partial charge in [-0.05, 0) is 29.8 Å². The van der Waals surface area contributed by atoms with Crippen molar-refractivity contribution in [2.24, 2.45) is 0 Å². The summed E-state index contributed by atoms with van der Waals surface area (Å²) in [5, 5.41) is 25.9. The van der Waals surface area contributed by atoms with Crippen LogP contribution in [0.15, 0.2) is 24.3 Å². The van der Waals surface area contributed by atoms with Crippen molar-refractivity contribution in [1.29, 1.82) is 0 Å². The fraction of sp³-hybridized carbons (Fsp3) is 0. The van der Waals surface area contributed by atoms with Gasteiger partial charge in [-0.2, -0.15) is 0 Å². The van der Waals surface area contributed by atoms with E-state index in [1.807, 2.05) is 0 Å². The Morgan fingerprint density at radius 2 is 1.35 bits per heavy atom. The fourth-order valence-electron chi connectivity index (χ4n) is 1.16. The number of aromatic carboxylic acids is 2. The van der Waals surface area contributed by atoms with Crippen LogP contribution in [-0.2, 0) is 4.79 Å². The number of hydrogen-bond acceptors (Lipinski definition) is 3. The van der Waals surface area contributed by atoms with Crippen LogP contribution in [-0.4, -0.2) is 33.2 Å². The molecule has 6 nitrogen and oxygen atoms in total. The third-order valence-corrected chi connectivity index (χ3v) is 1.87. The molecule has 0 aliphatic rings. The molecule has 0 aliphatic heterocycles. The lowest BCUT2D eigenvalue weighted by molar-refractivity contribution is -0.131. The van der Waals surface area contributed by atoms with E-state index in [1.54, 1.807) is 0 Å². The monoisotopic (exact) mass is 236 g/mol. The average molecular weight is 236 g/mol. The highest BCUT2D eigenvalue weighted by Gasteiger charge is 2.10. The summed E-state index contributed by atoms with van der Waals surface area (Å²) in [6.45, 7) is 0. The van der Waals surface area contributed by atoms with E-state index in [-0.39, 0.29) is 16.7 Å². The van der Waals surface area contributed by atoms with E-state index in [1.165, 1.54) is 12.1 Å². The molecular weight excluding hydrogens is 228 g/mol. The second-order valence-corrected chi connectivity index (χ2v) is 3.13. The van der Waals surface area contributed by atoms with Crippen molar-refractivity contribution < 1.29 is 29.7 Å². The summed E-state index contributed by atoms with van der Waals surface area (Å²) in [5.41, 5.74) is -0.227. The molecule has 0 bridgehead atoms. The van der Waals surface area contributed by atoms with E-state index in [4.69, 9.17) is 15.3 Å². The molecule has 0 saturated carbocycles. The Balaban J connectivity index is 3.26. The molecule has 1 aromatic carbocycles. The zero-order valence-corrected chi connectivity index (χ0v) is 8.45. The van der Waals surface area contributed by atoms with Crippen molar-refractivity contribution in [1.82, 2.24) is 0 Å². The molecular formula is C11H8O6. The maximum atomic E-state index is 10.7. The molecule has 1 aromatic rings. The van der Waals surface area contributed by atoms with Crippen LogP contribution in [0.5, 0.6) is 0 Å². The van der Waals surface area contributed by atoms with Gasteiger partial charge in [-0.25, -0.2) is 14.4 Å². The molecule has 3 N–H and O–H groups in total. The van der Waals surface area contributed by atoms with Gasteiger partial charge < -0.3 is 15.3 Å². The molecule has 0 heterocycles. The number of rotatable bonds is 4. The molecule has 88 valence electrons. The van der Waals surface area contributed by atoms with Crippen molar-refractivity contribution in [2.75, 3.05) is 0 Å². The number of hydrogen-bond donors (Lipinski definition) is 3. The third-order valence-electron chi connectivity index (χ3n) is 1.87. The number of carboxylic acid groups (broad SMARTS) is 3. The number of aliphatic carboxylic acids is 1. The molecule has 0 unspecified atom stereocenters. The smallest absolute Gasteiger partial charge is 0.335 e. The highest BCUT2D eigenvalue weighted by atomic mass is 16.4. The van der Waals surface area contributed by atoms with Crippen molar-refractivity contribution in [3.05, 3.63) is 41.0 Å². The van der Waals surface area contributed by atoms with Crippen molar-refractivity contribution in [3.8, 4) is 0 Å². The standard InChI is InChI=1S/C11H8O6/c12-9(13)2-1-6-3-7(10(14)15)5-8(4-6)11(16)17/h1-5H,(H,12,13)(H,14,15)(H,16,17)/b2-1+. The van der Waals surface area contributed by atoms with E-state index in [2.05, 4.69) is 0 Å². The first-order valence-electron chi connectivity index (χ1n) is 4.43. The Morgan fingerprint density at radius 1 is 0.882 bits per heavy atom. The van der Waals surface area contributed by atoms with Gasteiger partial charge >= 0.3 is 17.9 Å². The van der Waals surface area contributed by atoms with Crippen LogP contribution >= 0.6 is 0 Å². The van der Waals surface area contributed by atoms with E-state index in [0.717, 1.165) is 18.2 Å². The van der Waals surface area contributed by atoms with Crippen LogP contribution < -0.4 is 0 Å². The van der Waals surface area contributed by atoms with Gasteiger partial charge in [0, 0.05) is 6.08 Å². The maximum Gasteiger partial charge on any atom is 0.335 e. The van der Waals surface area contributed by atoms with Crippen LogP contribution in [0.4, 0.5) is 0 Å². The lowest BCUT2D eigenvalue weighted by Crippen LogP contribution is -2.03. The van der Waals surface area contributed by atoms with Crippen LogP contribution in [0, 0.1) is 0 Å². The predicted octanol–water partition coefficient (Wildman–Crippen LogP) is 1.18. The van der Waals surface area contributed by atoms with Crippen LogP contribution in [0.1, 0.15) is 26.3 Å². The second kappa shape index (κ2) is 4.93. The van der Waals surface area contributed by atoms with E-state index < -0.39 is 17.9 Å². The lowest BCUT2D eigenvalue weighted by Gasteiger charge is -2.01. The van der Waals surface area contributed by atoms with Crippen molar-refractivity contribution in [2.45, 2.75) is 0 Å². The zero-order valence-electron chi connectivity index (χ0n) is 8.45. The molecule has 0 amide bonds. The van der Waals surface area contributed by atoms with Gasteiger partial charge in [0.25, 0.3) is 0 Å². The number of carboxylic acids is 3. The Labute approximate surface area is 95.4 Å². The molecule has 0 spiro atoms. The normalized spacial score (nSPS) is 10.4. The highest BCUT2D eigenvalue weighted by molar-refractivity contribution is 5.95. The maximum absolute atomic E-state index is 10.7. The summed E-state index contributed by atoms with van der Waals surface area (Å²) >= 11 is 0. The summed E-state index contributed by atoms with van der Waals surface area (Å²) < 4.78 is 0. The van der Waals surface area contributed by atoms with Gasteiger partial charge in [0.05, 0.1) is 11.1 Å². The van der Waals surface area contributed by atoms with Gasteiger partial charge in [0.2, 0.25) is 0 Å². The number of benzene rings is 1. The largest absolute Gasteiger partial charge is 0.478 e. The van der Waals surface area contributed by atoms with Gasteiger partial charge in [-0.1, -0.05) is 0 Å². The number of carbonyl (C=O) groups is 3. The highest BCUT2D eigenvalue weighted by Crippen LogP contribution is 2.12. The van der Waals surface area contributed by atoms with Gasteiger partial charge in [-0.3, -0.25) is 0 Å². The summed E-state index contributed by atoms with van der Waals surface area (Å²) in [6.07, 6.45) is 1.92. The summed E-state index contributed by atoms with van der Waals surface area (Å²) in [4.78, 5) is 31.8. The fourth-order valence-corrected chi connectivity index (χ4v) is 1.16. The third kappa shape index (κ3) is 3.45. The molecule has 6 heteroatoms.